The molecule has 2 aromatic rings. The summed E-state index contributed by atoms with van der Waals surface area (Å²) in [6.45, 7) is 3.69. The zero-order chi connectivity index (χ0) is 19.0. The van der Waals surface area contributed by atoms with Crippen LogP contribution in [0.2, 0.25) is 0 Å². The average Bonchev–Trinajstić information content (AvgIpc) is 2.59. The quantitative estimate of drug-likeness (QED) is 0.329. The van der Waals surface area contributed by atoms with Gasteiger partial charge in [0.25, 0.3) is 0 Å². The zero-order valence-electron chi connectivity index (χ0n) is 15.5. The molecule has 0 spiro atoms. The molecule has 138 valence electrons. The normalized spacial score (nSPS) is 12.3. The van der Waals surface area contributed by atoms with E-state index < -0.39 is 5.60 Å². The number of benzene rings is 2. The summed E-state index contributed by atoms with van der Waals surface area (Å²) in [6, 6.07) is 13.0. The number of phenolic OH excluding ortho intramolecular Hbond substituents is 2. The average molecular weight is 352 g/mol. The summed E-state index contributed by atoms with van der Waals surface area (Å²) in [7, 11) is 0. The SMILES string of the molecule is CC(C)(O)CCCCC=Cc1cccc(C=Cc2cccc(O)c2O)c1. The topological polar surface area (TPSA) is 60.7 Å². The number of phenols is 2. The molecule has 0 amide bonds. The first-order chi connectivity index (χ1) is 12.3. The summed E-state index contributed by atoms with van der Waals surface area (Å²) in [6.07, 6.45) is 11.9. The summed E-state index contributed by atoms with van der Waals surface area (Å²) >= 11 is 0. The van der Waals surface area contributed by atoms with E-state index in [4.69, 9.17) is 0 Å². The molecule has 0 aliphatic heterocycles. The minimum atomic E-state index is -0.575. The van der Waals surface area contributed by atoms with E-state index in [0.717, 1.165) is 36.8 Å². The minimum Gasteiger partial charge on any atom is -0.504 e. The number of aromatic hydroxyl groups is 2. The fraction of sp³-hybridized carbons (Fsp3) is 0.304. The predicted molar refractivity (Wildman–Crippen MR) is 109 cm³/mol. The van der Waals surface area contributed by atoms with Crippen LogP contribution in [0.15, 0.2) is 48.5 Å². The van der Waals surface area contributed by atoms with Gasteiger partial charge in [-0.1, -0.05) is 61.1 Å². The molecule has 0 aliphatic rings. The van der Waals surface area contributed by atoms with Crippen molar-refractivity contribution < 1.29 is 15.3 Å². The lowest BCUT2D eigenvalue weighted by atomic mass is 10.0. The van der Waals surface area contributed by atoms with Crippen molar-refractivity contribution in [2.75, 3.05) is 0 Å². The number of hydrogen-bond donors (Lipinski definition) is 3. The Morgan fingerprint density at radius 1 is 0.885 bits per heavy atom. The molecule has 0 radical (unpaired) electrons. The first-order valence-electron chi connectivity index (χ1n) is 9.03. The summed E-state index contributed by atoms with van der Waals surface area (Å²) < 4.78 is 0. The minimum absolute atomic E-state index is 0.106. The summed E-state index contributed by atoms with van der Waals surface area (Å²) in [5.74, 6) is -0.223. The fourth-order valence-electron chi connectivity index (χ4n) is 2.67. The van der Waals surface area contributed by atoms with E-state index in [1.54, 1.807) is 18.2 Å². The van der Waals surface area contributed by atoms with Crippen LogP contribution < -0.4 is 0 Å². The van der Waals surface area contributed by atoms with Crippen LogP contribution in [0.4, 0.5) is 0 Å². The number of aliphatic hydroxyl groups is 1. The molecule has 0 unspecified atom stereocenters. The van der Waals surface area contributed by atoms with Crippen LogP contribution in [0.5, 0.6) is 11.5 Å². The van der Waals surface area contributed by atoms with Gasteiger partial charge in [0.05, 0.1) is 5.60 Å². The van der Waals surface area contributed by atoms with Crippen LogP contribution in [-0.4, -0.2) is 20.9 Å². The van der Waals surface area contributed by atoms with Crippen molar-refractivity contribution in [3.05, 3.63) is 65.2 Å². The Bertz CT molecular complexity index is 767. The molecule has 3 heteroatoms. The molecule has 2 aromatic carbocycles. The highest BCUT2D eigenvalue weighted by atomic mass is 16.3. The van der Waals surface area contributed by atoms with Crippen LogP contribution in [0.25, 0.3) is 18.2 Å². The predicted octanol–water partition coefficient (Wildman–Crippen LogP) is 5.61. The lowest BCUT2D eigenvalue weighted by Gasteiger charge is -2.15. The molecular formula is C23H28O3. The maximum absolute atomic E-state index is 9.84. The van der Waals surface area contributed by atoms with E-state index in [2.05, 4.69) is 24.3 Å². The van der Waals surface area contributed by atoms with E-state index in [1.807, 2.05) is 32.1 Å². The Balaban J connectivity index is 1.92. The molecule has 0 heterocycles. The van der Waals surface area contributed by atoms with Gasteiger partial charge in [-0.25, -0.2) is 0 Å². The second-order valence-corrected chi connectivity index (χ2v) is 7.18. The van der Waals surface area contributed by atoms with E-state index in [-0.39, 0.29) is 11.5 Å². The van der Waals surface area contributed by atoms with Crippen molar-refractivity contribution in [2.45, 2.75) is 45.1 Å². The highest BCUT2D eigenvalue weighted by Crippen LogP contribution is 2.29. The first-order valence-corrected chi connectivity index (χ1v) is 9.03. The third-order valence-corrected chi connectivity index (χ3v) is 4.13. The number of rotatable bonds is 8. The number of unbranched alkanes of at least 4 members (excludes halogenated alkanes) is 2. The smallest absolute Gasteiger partial charge is 0.164 e. The lowest BCUT2D eigenvalue weighted by molar-refractivity contribution is 0.0683. The van der Waals surface area contributed by atoms with Crippen molar-refractivity contribution >= 4 is 18.2 Å². The molecule has 3 N–H and O–H groups in total. The van der Waals surface area contributed by atoms with Crippen LogP contribution in [0, 0.1) is 0 Å². The molecule has 0 fully saturated rings. The van der Waals surface area contributed by atoms with Gasteiger partial charge in [-0.15, -0.1) is 0 Å². The monoisotopic (exact) mass is 352 g/mol. The second kappa shape index (κ2) is 9.25. The van der Waals surface area contributed by atoms with Gasteiger partial charge in [0, 0.05) is 5.56 Å². The first kappa shape index (κ1) is 19.8. The molecule has 26 heavy (non-hydrogen) atoms. The van der Waals surface area contributed by atoms with Gasteiger partial charge in [0.1, 0.15) is 0 Å². The van der Waals surface area contributed by atoms with E-state index >= 15 is 0 Å². The Labute approximate surface area is 156 Å². The van der Waals surface area contributed by atoms with E-state index in [9.17, 15) is 15.3 Å². The standard InChI is InChI=1S/C23H28O3/c1-23(2,26)16-6-4-3-5-9-18-10-7-11-19(17-18)14-15-20-12-8-13-21(24)22(20)25/h5,7-15,17,24-26H,3-4,6,16H2,1-2H3. The van der Waals surface area contributed by atoms with Gasteiger partial charge < -0.3 is 15.3 Å². The van der Waals surface area contributed by atoms with Gasteiger partial charge in [-0.05, 0) is 56.4 Å². The lowest BCUT2D eigenvalue weighted by Crippen LogP contribution is -2.17. The van der Waals surface area contributed by atoms with Crippen LogP contribution >= 0.6 is 0 Å². The molecule has 0 bridgehead atoms. The molecule has 3 nitrogen and oxygen atoms in total. The summed E-state index contributed by atoms with van der Waals surface area (Å²) in [5, 5.41) is 29.1. The molecular weight excluding hydrogens is 324 g/mol. The van der Waals surface area contributed by atoms with Crippen molar-refractivity contribution in [1.82, 2.24) is 0 Å². The van der Waals surface area contributed by atoms with Crippen molar-refractivity contribution in [3.63, 3.8) is 0 Å². The Kier molecular flexibility index (Phi) is 7.05. The molecule has 0 saturated carbocycles. The maximum atomic E-state index is 9.84. The Morgan fingerprint density at radius 3 is 2.31 bits per heavy atom. The molecule has 0 aliphatic carbocycles. The van der Waals surface area contributed by atoms with Crippen molar-refractivity contribution in [3.8, 4) is 11.5 Å². The van der Waals surface area contributed by atoms with E-state index in [1.165, 1.54) is 6.07 Å². The summed E-state index contributed by atoms with van der Waals surface area (Å²) in [5.41, 5.74) is 2.15. The zero-order valence-corrected chi connectivity index (χ0v) is 15.5. The highest BCUT2D eigenvalue weighted by Gasteiger charge is 2.10. The molecule has 0 atom stereocenters. The maximum Gasteiger partial charge on any atom is 0.164 e. The van der Waals surface area contributed by atoms with Gasteiger partial charge in [-0.3, -0.25) is 0 Å². The molecule has 0 saturated heterocycles. The third-order valence-electron chi connectivity index (χ3n) is 4.13. The highest BCUT2D eigenvalue weighted by molar-refractivity contribution is 5.74. The fourth-order valence-corrected chi connectivity index (χ4v) is 2.67. The molecule has 0 aromatic heterocycles. The largest absolute Gasteiger partial charge is 0.504 e. The Morgan fingerprint density at radius 2 is 1.58 bits per heavy atom. The Hall–Kier alpha value is -2.52. The number of allylic oxidation sites excluding steroid dienone is 1. The van der Waals surface area contributed by atoms with Gasteiger partial charge >= 0.3 is 0 Å². The second-order valence-electron chi connectivity index (χ2n) is 7.18. The van der Waals surface area contributed by atoms with Crippen LogP contribution in [0.3, 0.4) is 0 Å². The van der Waals surface area contributed by atoms with Gasteiger partial charge in [-0.2, -0.15) is 0 Å². The van der Waals surface area contributed by atoms with E-state index in [0.29, 0.717) is 5.56 Å². The van der Waals surface area contributed by atoms with Crippen molar-refractivity contribution in [2.24, 2.45) is 0 Å². The van der Waals surface area contributed by atoms with Crippen LogP contribution in [0.1, 0.15) is 56.2 Å². The van der Waals surface area contributed by atoms with Gasteiger partial charge in [0.15, 0.2) is 11.5 Å². The summed E-state index contributed by atoms with van der Waals surface area (Å²) in [4.78, 5) is 0. The third kappa shape index (κ3) is 6.77. The number of para-hydroxylation sites is 1. The van der Waals surface area contributed by atoms with Crippen LogP contribution in [-0.2, 0) is 0 Å². The van der Waals surface area contributed by atoms with Gasteiger partial charge in [0.2, 0.25) is 0 Å². The molecule has 2 rings (SSSR count). The number of hydrogen-bond acceptors (Lipinski definition) is 3. The van der Waals surface area contributed by atoms with Crippen molar-refractivity contribution in [1.29, 1.82) is 0 Å².